The lowest BCUT2D eigenvalue weighted by molar-refractivity contribution is 0.285. The van der Waals surface area contributed by atoms with Crippen molar-refractivity contribution in [3.63, 3.8) is 0 Å². The highest BCUT2D eigenvalue weighted by atomic mass is 79.9. The van der Waals surface area contributed by atoms with Crippen molar-refractivity contribution in [3.8, 4) is 5.75 Å². The van der Waals surface area contributed by atoms with Gasteiger partial charge in [-0.15, -0.1) is 12.4 Å². The molecule has 14 heavy (non-hydrogen) atoms. The average molecular weight is 279 g/mol. The summed E-state index contributed by atoms with van der Waals surface area (Å²) in [5, 5.41) is 0. The molecule has 4 heteroatoms. The fraction of sp³-hybridized carbons (Fsp3) is 0.400. The first kappa shape index (κ1) is 11.8. The van der Waals surface area contributed by atoms with Crippen molar-refractivity contribution in [3.05, 3.63) is 27.7 Å². The van der Waals surface area contributed by atoms with E-state index in [1.54, 1.807) is 0 Å². The second-order valence-corrected chi connectivity index (χ2v) is 4.12. The second kappa shape index (κ2) is 5.01. The van der Waals surface area contributed by atoms with Gasteiger partial charge >= 0.3 is 0 Å². The maximum atomic E-state index is 5.64. The number of ether oxygens (including phenoxy) is 1. The van der Waals surface area contributed by atoms with Gasteiger partial charge in [-0.25, -0.2) is 0 Å². The summed E-state index contributed by atoms with van der Waals surface area (Å²) in [5.41, 5.74) is 8.02. The largest absolute Gasteiger partial charge is 0.493 e. The minimum Gasteiger partial charge on any atom is -0.493 e. The van der Waals surface area contributed by atoms with E-state index in [-0.39, 0.29) is 12.4 Å². The van der Waals surface area contributed by atoms with Crippen molar-refractivity contribution in [1.82, 2.24) is 0 Å². The van der Waals surface area contributed by atoms with Gasteiger partial charge in [0.05, 0.1) is 6.61 Å². The van der Waals surface area contributed by atoms with E-state index in [1.807, 2.05) is 6.07 Å². The van der Waals surface area contributed by atoms with Crippen LogP contribution in [0.3, 0.4) is 0 Å². The first-order valence-corrected chi connectivity index (χ1v) is 5.24. The number of aryl methyl sites for hydroxylation is 1. The van der Waals surface area contributed by atoms with Gasteiger partial charge in [0.25, 0.3) is 0 Å². The van der Waals surface area contributed by atoms with E-state index in [2.05, 4.69) is 22.0 Å². The summed E-state index contributed by atoms with van der Waals surface area (Å²) in [4.78, 5) is 0. The van der Waals surface area contributed by atoms with Gasteiger partial charge in [-0.3, -0.25) is 0 Å². The van der Waals surface area contributed by atoms with Crippen molar-refractivity contribution in [2.24, 2.45) is 5.73 Å². The zero-order valence-electron chi connectivity index (χ0n) is 7.75. The molecule has 0 saturated carbocycles. The molecule has 0 aliphatic carbocycles. The number of fused-ring (bicyclic) bond motifs is 1. The number of hydrogen-bond donors (Lipinski definition) is 1. The molecule has 1 aliphatic rings. The van der Waals surface area contributed by atoms with Gasteiger partial charge in [-0.2, -0.15) is 0 Å². The third-order valence-corrected chi connectivity index (χ3v) is 2.72. The summed E-state index contributed by atoms with van der Waals surface area (Å²) < 4.78 is 6.69. The van der Waals surface area contributed by atoms with Gasteiger partial charge in [-0.05, 0) is 30.5 Å². The highest BCUT2D eigenvalue weighted by molar-refractivity contribution is 9.10. The van der Waals surface area contributed by atoms with Crippen LogP contribution < -0.4 is 10.5 Å². The number of benzene rings is 1. The molecule has 78 valence electrons. The van der Waals surface area contributed by atoms with E-state index >= 15 is 0 Å². The molecule has 1 aromatic rings. The molecule has 1 aromatic carbocycles. The fourth-order valence-corrected chi connectivity index (χ4v) is 2.22. The van der Waals surface area contributed by atoms with Gasteiger partial charge < -0.3 is 10.5 Å². The Labute approximate surface area is 98.4 Å². The Kier molecular flexibility index (Phi) is 4.23. The molecule has 0 saturated heterocycles. The number of halogens is 2. The number of hydrogen-bond acceptors (Lipinski definition) is 2. The summed E-state index contributed by atoms with van der Waals surface area (Å²) >= 11 is 3.47. The molecule has 0 aromatic heterocycles. The molecule has 0 unspecified atom stereocenters. The molecule has 2 nitrogen and oxygen atoms in total. The summed E-state index contributed by atoms with van der Waals surface area (Å²) in [6.45, 7) is 1.36. The van der Waals surface area contributed by atoms with Crippen LogP contribution in [-0.4, -0.2) is 6.61 Å². The van der Waals surface area contributed by atoms with Gasteiger partial charge in [0.1, 0.15) is 5.75 Å². The van der Waals surface area contributed by atoms with E-state index in [0.29, 0.717) is 6.54 Å². The minimum atomic E-state index is 0. The molecular formula is C10H13BrClNO. The van der Waals surface area contributed by atoms with Crippen molar-refractivity contribution < 1.29 is 4.74 Å². The maximum Gasteiger partial charge on any atom is 0.127 e. The van der Waals surface area contributed by atoms with E-state index < -0.39 is 0 Å². The summed E-state index contributed by atoms with van der Waals surface area (Å²) in [5.74, 6) is 1.01. The second-order valence-electron chi connectivity index (χ2n) is 3.21. The van der Waals surface area contributed by atoms with Crippen LogP contribution in [0.25, 0.3) is 0 Å². The van der Waals surface area contributed by atoms with Crippen molar-refractivity contribution in [2.45, 2.75) is 19.4 Å². The third kappa shape index (κ3) is 2.22. The zero-order chi connectivity index (χ0) is 9.26. The Morgan fingerprint density at radius 2 is 2.21 bits per heavy atom. The Morgan fingerprint density at radius 3 is 2.93 bits per heavy atom. The van der Waals surface area contributed by atoms with Crippen LogP contribution in [0.2, 0.25) is 0 Å². The summed E-state index contributed by atoms with van der Waals surface area (Å²) in [7, 11) is 0. The number of rotatable bonds is 1. The van der Waals surface area contributed by atoms with E-state index in [4.69, 9.17) is 10.5 Å². The standard InChI is InChI=1S/C10H12BrNO.ClH/c11-9-4-7-2-1-3-13-10(7)8(5-9)6-12;/h4-5H,1-3,6,12H2;1H. The van der Waals surface area contributed by atoms with Crippen molar-refractivity contribution >= 4 is 28.3 Å². The molecule has 0 fully saturated rings. The Hall–Kier alpha value is -0.250. The average Bonchev–Trinajstić information content (AvgIpc) is 2.16. The SMILES string of the molecule is Cl.NCc1cc(Br)cc2c1OCCC2. The Morgan fingerprint density at radius 1 is 1.43 bits per heavy atom. The molecule has 0 bridgehead atoms. The van der Waals surface area contributed by atoms with Gasteiger partial charge in [-0.1, -0.05) is 15.9 Å². The predicted molar refractivity (Wildman–Crippen MR) is 63.1 cm³/mol. The molecule has 2 N–H and O–H groups in total. The maximum absolute atomic E-state index is 5.64. The number of nitrogens with two attached hydrogens (primary N) is 1. The van der Waals surface area contributed by atoms with Crippen LogP contribution in [-0.2, 0) is 13.0 Å². The van der Waals surface area contributed by atoms with Gasteiger partial charge in [0.2, 0.25) is 0 Å². The molecule has 0 amide bonds. The highest BCUT2D eigenvalue weighted by Gasteiger charge is 2.14. The van der Waals surface area contributed by atoms with Crippen LogP contribution in [0.15, 0.2) is 16.6 Å². The fourth-order valence-electron chi connectivity index (χ4n) is 1.67. The van der Waals surface area contributed by atoms with Crippen LogP contribution >= 0.6 is 28.3 Å². The summed E-state index contributed by atoms with van der Waals surface area (Å²) in [6.07, 6.45) is 2.20. The molecule has 0 spiro atoms. The van der Waals surface area contributed by atoms with Crippen molar-refractivity contribution in [2.75, 3.05) is 6.61 Å². The quantitative estimate of drug-likeness (QED) is 0.857. The van der Waals surface area contributed by atoms with Crippen LogP contribution in [0, 0.1) is 0 Å². The highest BCUT2D eigenvalue weighted by Crippen LogP contribution is 2.31. The zero-order valence-corrected chi connectivity index (χ0v) is 10.2. The summed E-state index contributed by atoms with van der Waals surface area (Å²) in [6, 6.07) is 4.15. The van der Waals surface area contributed by atoms with E-state index in [1.165, 1.54) is 5.56 Å². The van der Waals surface area contributed by atoms with E-state index in [0.717, 1.165) is 35.2 Å². The van der Waals surface area contributed by atoms with Crippen molar-refractivity contribution in [1.29, 1.82) is 0 Å². The predicted octanol–water partition coefficient (Wildman–Crippen LogP) is 2.65. The Bertz CT molecular complexity index is 313. The lowest BCUT2D eigenvalue weighted by Gasteiger charge is -2.20. The first-order chi connectivity index (χ1) is 6.31. The normalized spacial score (nSPS) is 13.9. The molecular weight excluding hydrogens is 265 g/mol. The van der Waals surface area contributed by atoms with Crippen LogP contribution in [0.4, 0.5) is 0 Å². The third-order valence-electron chi connectivity index (χ3n) is 2.26. The smallest absolute Gasteiger partial charge is 0.127 e. The van der Waals surface area contributed by atoms with Gasteiger partial charge in [0, 0.05) is 16.6 Å². The lowest BCUT2D eigenvalue weighted by atomic mass is 10.0. The Balaban J connectivity index is 0.000000980. The molecule has 1 aliphatic heterocycles. The van der Waals surface area contributed by atoms with Crippen LogP contribution in [0.5, 0.6) is 5.75 Å². The molecule has 0 radical (unpaired) electrons. The van der Waals surface area contributed by atoms with Crippen LogP contribution in [0.1, 0.15) is 17.5 Å². The van der Waals surface area contributed by atoms with E-state index in [9.17, 15) is 0 Å². The van der Waals surface area contributed by atoms with Gasteiger partial charge in [0.15, 0.2) is 0 Å². The molecule has 0 atom stereocenters. The molecule has 1 heterocycles. The monoisotopic (exact) mass is 277 g/mol. The first-order valence-electron chi connectivity index (χ1n) is 4.45. The molecule has 2 rings (SSSR count). The topological polar surface area (TPSA) is 35.2 Å². The minimum absolute atomic E-state index is 0. The lowest BCUT2D eigenvalue weighted by Crippen LogP contribution is -2.12.